The largest absolute Gasteiger partial charge is 0.392 e. The van der Waals surface area contributed by atoms with Crippen molar-refractivity contribution in [2.45, 2.75) is 19.6 Å². The molecule has 1 aromatic heterocycles. The third-order valence-corrected chi connectivity index (χ3v) is 3.23. The first-order valence-corrected chi connectivity index (χ1v) is 5.37. The molecule has 0 radical (unpaired) electrons. The van der Waals surface area contributed by atoms with Crippen LogP contribution in [0.3, 0.4) is 0 Å². The predicted octanol–water partition coefficient (Wildman–Crippen LogP) is 1.79. The Kier molecular flexibility index (Phi) is 2.00. The highest BCUT2D eigenvalue weighted by molar-refractivity contribution is 6.06. The highest BCUT2D eigenvalue weighted by Crippen LogP contribution is 2.35. The van der Waals surface area contributed by atoms with Gasteiger partial charge in [-0.15, -0.1) is 0 Å². The van der Waals surface area contributed by atoms with Crippen LogP contribution in [-0.4, -0.2) is 15.6 Å². The number of rotatable bonds is 1. The van der Waals surface area contributed by atoms with Gasteiger partial charge in [-0.05, 0) is 19.1 Å². The van der Waals surface area contributed by atoms with E-state index in [-0.39, 0.29) is 29.8 Å². The van der Waals surface area contributed by atoms with Gasteiger partial charge in [0.15, 0.2) is 5.82 Å². The van der Waals surface area contributed by atoms with Crippen molar-refractivity contribution in [3.05, 3.63) is 29.7 Å². The van der Waals surface area contributed by atoms with Crippen molar-refractivity contribution in [3.63, 3.8) is 0 Å². The van der Waals surface area contributed by atoms with E-state index in [9.17, 15) is 9.18 Å². The summed E-state index contributed by atoms with van der Waals surface area (Å²) in [6.07, 6.45) is 1.76. The summed E-state index contributed by atoms with van der Waals surface area (Å²) >= 11 is 0. The maximum atomic E-state index is 14.0. The van der Waals surface area contributed by atoms with E-state index < -0.39 is 5.82 Å². The Morgan fingerprint density at radius 3 is 3.06 bits per heavy atom. The number of anilines is 1. The van der Waals surface area contributed by atoms with Crippen LogP contribution < -0.4 is 5.32 Å². The second-order valence-electron chi connectivity index (χ2n) is 4.21. The molecule has 88 valence electrons. The lowest BCUT2D eigenvalue weighted by Gasteiger charge is -2.23. The Morgan fingerprint density at radius 1 is 1.59 bits per heavy atom. The molecular weight excluding hydrogens is 223 g/mol. The maximum Gasteiger partial charge on any atom is 0.247 e. The number of hydrogen-bond acceptors (Lipinski definition) is 2. The maximum absolute atomic E-state index is 14.0. The van der Waals surface area contributed by atoms with Crippen LogP contribution in [-0.2, 0) is 11.4 Å². The van der Waals surface area contributed by atoms with Gasteiger partial charge >= 0.3 is 0 Å². The molecule has 0 fully saturated rings. The van der Waals surface area contributed by atoms with Crippen LogP contribution in [0.2, 0.25) is 0 Å². The second kappa shape index (κ2) is 3.30. The molecule has 4 nitrogen and oxygen atoms in total. The number of benzene rings is 1. The fourth-order valence-electron chi connectivity index (χ4n) is 2.27. The second-order valence-corrected chi connectivity index (χ2v) is 4.21. The van der Waals surface area contributed by atoms with E-state index in [4.69, 9.17) is 5.11 Å². The third-order valence-electron chi connectivity index (χ3n) is 3.23. The molecule has 2 heterocycles. The Morgan fingerprint density at radius 2 is 2.35 bits per heavy atom. The zero-order valence-electron chi connectivity index (χ0n) is 9.20. The van der Waals surface area contributed by atoms with Crippen LogP contribution in [0, 0.1) is 5.82 Å². The van der Waals surface area contributed by atoms with E-state index in [1.165, 1.54) is 0 Å². The number of nitrogens with zero attached hydrogens (tertiary/aromatic N) is 1. The lowest BCUT2D eigenvalue weighted by molar-refractivity contribution is -0.118. The quantitative estimate of drug-likeness (QED) is 0.790. The lowest BCUT2D eigenvalue weighted by atomic mass is 10.1. The van der Waals surface area contributed by atoms with Gasteiger partial charge in [0.1, 0.15) is 11.7 Å². The fourth-order valence-corrected chi connectivity index (χ4v) is 2.27. The van der Waals surface area contributed by atoms with E-state index in [1.807, 2.05) is 6.07 Å². The van der Waals surface area contributed by atoms with Gasteiger partial charge in [-0.25, -0.2) is 4.39 Å². The van der Waals surface area contributed by atoms with E-state index in [0.29, 0.717) is 5.52 Å². The third kappa shape index (κ3) is 1.23. The Balaban J connectivity index is 2.42. The minimum absolute atomic E-state index is 0.166. The molecule has 1 aliphatic heterocycles. The highest BCUT2D eigenvalue weighted by atomic mass is 19.1. The van der Waals surface area contributed by atoms with E-state index in [2.05, 4.69) is 5.32 Å². The number of carbonyl (C=O) groups excluding carboxylic acids is 1. The SMILES string of the molecule is CC1C(=O)Nc2c(F)c(CO)cc3ccn1c23. The monoisotopic (exact) mass is 234 g/mol. The van der Waals surface area contributed by atoms with Gasteiger partial charge < -0.3 is 15.0 Å². The molecule has 0 saturated heterocycles. The molecule has 1 aromatic carbocycles. The summed E-state index contributed by atoms with van der Waals surface area (Å²) in [6, 6.07) is 3.07. The van der Waals surface area contributed by atoms with Crippen molar-refractivity contribution in [2.75, 3.05) is 5.32 Å². The number of hydrogen-bond donors (Lipinski definition) is 2. The topological polar surface area (TPSA) is 54.3 Å². The average Bonchev–Trinajstić information content (AvgIpc) is 2.74. The molecule has 0 bridgehead atoms. The molecule has 0 spiro atoms. The van der Waals surface area contributed by atoms with Gasteiger partial charge in [-0.2, -0.15) is 0 Å². The van der Waals surface area contributed by atoms with Crippen LogP contribution >= 0.6 is 0 Å². The zero-order chi connectivity index (χ0) is 12.2. The zero-order valence-corrected chi connectivity index (χ0v) is 9.20. The van der Waals surface area contributed by atoms with Crippen LogP contribution in [0.4, 0.5) is 10.1 Å². The van der Waals surface area contributed by atoms with Crippen LogP contribution in [0.1, 0.15) is 18.5 Å². The minimum Gasteiger partial charge on any atom is -0.392 e. The number of aromatic nitrogens is 1. The van der Waals surface area contributed by atoms with Gasteiger partial charge in [0, 0.05) is 17.1 Å². The first kappa shape index (κ1) is 10.3. The van der Waals surface area contributed by atoms with Crippen molar-refractivity contribution in [3.8, 4) is 0 Å². The van der Waals surface area contributed by atoms with Gasteiger partial charge in [-0.1, -0.05) is 0 Å². The molecule has 3 rings (SSSR count). The van der Waals surface area contributed by atoms with Crippen LogP contribution in [0.25, 0.3) is 10.9 Å². The molecule has 1 unspecified atom stereocenters. The Bertz CT molecular complexity index is 633. The van der Waals surface area contributed by atoms with Crippen molar-refractivity contribution < 1.29 is 14.3 Å². The minimum atomic E-state index is -0.555. The van der Waals surface area contributed by atoms with Gasteiger partial charge in [0.2, 0.25) is 5.91 Å². The van der Waals surface area contributed by atoms with Gasteiger partial charge in [-0.3, -0.25) is 4.79 Å². The molecular formula is C12H11FN2O2. The molecule has 1 atom stereocenters. The summed E-state index contributed by atoms with van der Waals surface area (Å²) in [6.45, 7) is 1.38. The smallest absolute Gasteiger partial charge is 0.247 e. The summed E-state index contributed by atoms with van der Waals surface area (Å²) < 4.78 is 15.8. The normalized spacial score (nSPS) is 18.5. The molecule has 1 aliphatic rings. The number of amides is 1. The first-order valence-electron chi connectivity index (χ1n) is 5.37. The standard InChI is InChI=1S/C12H11FN2O2/c1-6-12(17)14-10-9(13)8(5-16)4-7-2-3-15(6)11(7)10/h2-4,6,16H,5H2,1H3,(H,14,17). The van der Waals surface area contributed by atoms with E-state index in [0.717, 1.165) is 5.39 Å². The van der Waals surface area contributed by atoms with Crippen molar-refractivity contribution in [1.82, 2.24) is 4.57 Å². The molecule has 2 aromatic rings. The molecule has 0 saturated carbocycles. The summed E-state index contributed by atoms with van der Waals surface area (Å²) in [4.78, 5) is 11.7. The summed E-state index contributed by atoms with van der Waals surface area (Å²) in [5, 5.41) is 12.5. The van der Waals surface area contributed by atoms with E-state index in [1.54, 1.807) is 23.8 Å². The van der Waals surface area contributed by atoms with Crippen LogP contribution in [0.15, 0.2) is 18.3 Å². The fraction of sp³-hybridized carbons (Fsp3) is 0.250. The number of aliphatic hydroxyl groups excluding tert-OH is 1. The van der Waals surface area contributed by atoms with Crippen LogP contribution in [0.5, 0.6) is 0 Å². The summed E-state index contributed by atoms with van der Waals surface area (Å²) in [5.41, 5.74) is 1.03. The number of halogens is 1. The Hall–Kier alpha value is -1.88. The average molecular weight is 234 g/mol. The predicted molar refractivity (Wildman–Crippen MR) is 61.2 cm³/mol. The van der Waals surface area contributed by atoms with Crippen molar-refractivity contribution in [2.24, 2.45) is 0 Å². The molecule has 17 heavy (non-hydrogen) atoms. The van der Waals surface area contributed by atoms with Crippen molar-refractivity contribution in [1.29, 1.82) is 0 Å². The molecule has 1 amide bonds. The molecule has 5 heteroatoms. The van der Waals surface area contributed by atoms with Crippen molar-refractivity contribution >= 4 is 22.5 Å². The summed E-state index contributed by atoms with van der Waals surface area (Å²) in [5.74, 6) is -0.802. The number of carbonyl (C=O) groups is 1. The number of aliphatic hydroxyl groups is 1. The lowest BCUT2D eigenvalue weighted by Crippen LogP contribution is -2.28. The van der Waals surface area contributed by atoms with Gasteiger partial charge in [0.25, 0.3) is 0 Å². The highest BCUT2D eigenvalue weighted by Gasteiger charge is 2.27. The molecule has 2 N–H and O–H groups in total. The van der Waals surface area contributed by atoms with E-state index >= 15 is 0 Å². The number of nitrogens with one attached hydrogen (secondary N) is 1. The Labute approximate surface area is 96.7 Å². The summed E-state index contributed by atoms with van der Waals surface area (Å²) in [7, 11) is 0. The molecule has 0 aliphatic carbocycles. The van der Waals surface area contributed by atoms with Gasteiger partial charge in [0.05, 0.1) is 12.1 Å². The first-order chi connectivity index (χ1) is 8.13.